The molecule has 2 heteroatoms. The highest BCUT2D eigenvalue weighted by Crippen LogP contribution is 2.20. The highest BCUT2D eigenvalue weighted by atomic mass is 16.1. The fraction of sp³-hybridized carbons (Fsp3) is 0.611. The predicted molar refractivity (Wildman–Crippen MR) is 86.2 cm³/mol. The van der Waals surface area contributed by atoms with E-state index in [1.54, 1.807) is 0 Å². The zero-order chi connectivity index (χ0) is 15.0. The van der Waals surface area contributed by atoms with E-state index in [9.17, 15) is 4.79 Å². The number of carbonyl (C=O) groups excluding carboxylic acids is 1. The lowest BCUT2D eigenvalue weighted by molar-refractivity contribution is 0.0972. The molecule has 2 N–H and O–H groups in total. The summed E-state index contributed by atoms with van der Waals surface area (Å²) in [4.78, 5) is 12.2. The van der Waals surface area contributed by atoms with Gasteiger partial charge in [-0.25, -0.2) is 0 Å². The monoisotopic (exact) mass is 275 g/mol. The van der Waals surface area contributed by atoms with E-state index in [-0.39, 0.29) is 5.78 Å². The van der Waals surface area contributed by atoms with E-state index < -0.39 is 0 Å². The molecule has 0 saturated carbocycles. The van der Waals surface area contributed by atoms with Gasteiger partial charge in [0, 0.05) is 12.0 Å². The Kier molecular flexibility index (Phi) is 7.53. The molecule has 2 nitrogen and oxygen atoms in total. The van der Waals surface area contributed by atoms with E-state index >= 15 is 0 Å². The summed E-state index contributed by atoms with van der Waals surface area (Å²) < 4.78 is 0. The zero-order valence-corrected chi connectivity index (χ0v) is 13.2. The lowest BCUT2D eigenvalue weighted by Crippen LogP contribution is -2.11. The summed E-state index contributed by atoms with van der Waals surface area (Å²) in [6, 6.07) is 8.08. The fourth-order valence-corrected chi connectivity index (χ4v) is 2.61. The van der Waals surface area contributed by atoms with Crippen LogP contribution < -0.4 is 5.73 Å². The molecule has 0 aromatic heterocycles. The minimum atomic E-state index is 0.262. The van der Waals surface area contributed by atoms with Crippen LogP contribution in [0.2, 0.25) is 0 Å². The van der Waals surface area contributed by atoms with Gasteiger partial charge in [-0.05, 0) is 36.8 Å². The molecule has 0 bridgehead atoms. The van der Waals surface area contributed by atoms with Gasteiger partial charge in [0.25, 0.3) is 0 Å². The number of hydrogen-bond acceptors (Lipinski definition) is 2. The van der Waals surface area contributed by atoms with Crippen molar-refractivity contribution in [1.82, 2.24) is 0 Å². The zero-order valence-electron chi connectivity index (χ0n) is 13.2. The number of hydrogen-bond donors (Lipinski definition) is 1. The second kappa shape index (κ2) is 8.91. The highest BCUT2D eigenvalue weighted by molar-refractivity contribution is 5.96. The van der Waals surface area contributed by atoms with Crippen LogP contribution in [0.1, 0.15) is 74.7 Å². The Morgan fingerprint density at radius 1 is 1.10 bits per heavy atom. The molecule has 20 heavy (non-hydrogen) atoms. The molecule has 0 saturated heterocycles. The number of Topliss-reactive ketones (excluding diaryl/α,β-unsaturated/α-hetero) is 1. The first-order chi connectivity index (χ1) is 9.58. The van der Waals surface area contributed by atoms with Crippen LogP contribution in [0, 0.1) is 5.92 Å². The summed E-state index contributed by atoms with van der Waals surface area (Å²) in [5.41, 5.74) is 7.77. The Morgan fingerprint density at radius 2 is 1.75 bits per heavy atom. The van der Waals surface area contributed by atoms with Crippen LogP contribution in [-0.4, -0.2) is 12.3 Å². The smallest absolute Gasteiger partial charge is 0.162 e. The third-order valence-electron chi connectivity index (χ3n) is 3.95. The first kappa shape index (κ1) is 16.9. The lowest BCUT2D eigenvalue weighted by atomic mass is 9.92. The van der Waals surface area contributed by atoms with Crippen LogP contribution in [0.3, 0.4) is 0 Å². The van der Waals surface area contributed by atoms with Gasteiger partial charge in [0.05, 0.1) is 0 Å². The second-order valence-corrected chi connectivity index (χ2v) is 5.97. The van der Waals surface area contributed by atoms with E-state index in [2.05, 4.69) is 32.9 Å². The summed E-state index contributed by atoms with van der Waals surface area (Å²) in [5, 5.41) is 0. The summed E-state index contributed by atoms with van der Waals surface area (Å²) in [6.45, 7) is 7.25. The molecule has 1 unspecified atom stereocenters. The van der Waals surface area contributed by atoms with Gasteiger partial charge in [-0.1, -0.05) is 57.9 Å². The standard InChI is InChI=1S/C18H29NO/c1-4-5-15(12-13-19)6-11-18(20)17-9-7-16(8-10-17)14(2)3/h7-10,14-15H,4-6,11-13,19H2,1-3H3. The van der Waals surface area contributed by atoms with Crippen LogP contribution in [0.25, 0.3) is 0 Å². The molecule has 0 radical (unpaired) electrons. The van der Waals surface area contributed by atoms with Crippen molar-refractivity contribution in [2.75, 3.05) is 6.54 Å². The molecule has 0 aliphatic carbocycles. The van der Waals surface area contributed by atoms with Crippen LogP contribution in [0.5, 0.6) is 0 Å². The summed E-state index contributed by atoms with van der Waals surface area (Å²) >= 11 is 0. The van der Waals surface area contributed by atoms with Gasteiger partial charge in [-0.3, -0.25) is 4.79 Å². The largest absolute Gasteiger partial charge is 0.330 e. The molecule has 0 spiro atoms. The predicted octanol–water partition coefficient (Wildman–Crippen LogP) is 4.54. The minimum absolute atomic E-state index is 0.262. The minimum Gasteiger partial charge on any atom is -0.330 e. The maximum Gasteiger partial charge on any atom is 0.162 e. The van der Waals surface area contributed by atoms with Crippen LogP contribution in [0.15, 0.2) is 24.3 Å². The molecule has 0 heterocycles. The van der Waals surface area contributed by atoms with Crippen molar-refractivity contribution in [2.24, 2.45) is 11.7 Å². The van der Waals surface area contributed by atoms with Gasteiger partial charge in [0.1, 0.15) is 0 Å². The van der Waals surface area contributed by atoms with Crippen molar-refractivity contribution < 1.29 is 4.79 Å². The van der Waals surface area contributed by atoms with Crippen molar-refractivity contribution in [1.29, 1.82) is 0 Å². The van der Waals surface area contributed by atoms with E-state index in [0.717, 1.165) is 24.9 Å². The topological polar surface area (TPSA) is 43.1 Å². The highest BCUT2D eigenvalue weighted by Gasteiger charge is 2.12. The van der Waals surface area contributed by atoms with E-state index in [4.69, 9.17) is 5.73 Å². The van der Waals surface area contributed by atoms with Crippen LogP contribution >= 0.6 is 0 Å². The lowest BCUT2D eigenvalue weighted by Gasteiger charge is -2.14. The molecule has 0 aliphatic rings. The van der Waals surface area contributed by atoms with Crippen molar-refractivity contribution >= 4 is 5.78 Å². The molecule has 1 aromatic carbocycles. The molecule has 1 atom stereocenters. The average molecular weight is 275 g/mol. The van der Waals surface area contributed by atoms with Crippen molar-refractivity contribution in [2.45, 2.75) is 58.8 Å². The summed E-state index contributed by atoms with van der Waals surface area (Å²) in [5.74, 6) is 1.37. The number of ketones is 1. The van der Waals surface area contributed by atoms with Gasteiger partial charge in [0.15, 0.2) is 5.78 Å². The van der Waals surface area contributed by atoms with Crippen molar-refractivity contribution in [3.63, 3.8) is 0 Å². The molecule has 0 amide bonds. The molecule has 0 fully saturated rings. The number of carbonyl (C=O) groups is 1. The molecular formula is C18H29NO. The van der Waals surface area contributed by atoms with Crippen LogP contribution in [0.4, 0.5) is 0 Å². The van der Waals surface area contributed by atoms with E-state index in [1.807, 2.05) is 12.1 Å². The maximum atomic E-state index is 12.2. The van der Waals surface area contributed by atoms with Gasteiger partial charge < -0.3 is 5.73 Å². The molecule has 0 aliphatic heterocycles. The molecule has 1 rings (SSSR count). The first-order valence-corrected chi connectivity index (χ1v) is 7.91. The normalized spacial score (nSPS) is 12.7. The summed E-state index contributed by atoms with van der Waals surface area (Å²) in [7, 11) is 0. The Bertz CT molecular complexity index is 388. The second-order valence-electron chi connectivity index (χ2n) is 5.97. The van der Waals surface area contributed by atoms with E-state index in [0.29, 0.717) is 18.3 Å². The Labute approximate surface area is 123 Å². The fourth-order valence-electron chi connectivity index (χ4n) is 2.61. The maximum absolute atomic E-state index is 12.2. The van der Waals surface area contributed by atoms with Crippen molar-refractivity contribution in [3.05, 3.63) is 35.4 Å². The third kappa shape index (κ3) is 5.46. The third-order valence-corrected chi connectivity index (χ3v) is 3.95. The number of nitrogens with two attached hydrogens (primary N) is 1. The number of benzene rings is 1. The van der Waals surface area contributed by atoms with Crippen molar-refractivity contribution in [3.8, 4) is 0 Å². The van der Waals surface area contributed by atoms with Gasteiger partial charge in [-0.2, -0.15) is 0 Å². The van der Waals surface area contributed by atoms with Gasteiger partial charge in [0.2, 0.25) is 0 Å². The molecular weight excluding hydrogens is 246 g/mol. The molecule has 1 aromatic rings. The van der Waals surface area contributed by atoms with E-state index in [1.165, 1.54) is 18.4 Å². The number of rotatable bonds is 9. The van der Waals surface area contributed by atoms with Crippen LogP contribution in [-0.2, 0) is 0 Å². The Hall–Kier alpha value is -1.15. The SMILES string of the molecule is CCCC(CCN)CCC(=O)c1ccc(C(C)C)cc1. The summed E-state index contributed by atoms with van der Waals surface area (Å²) in [6.07, 6.45) is 4.99. The average Bonchev–Trinajstić information content (AvgIpc) is 2.45. The Morgan fingerprint density at radius 3 is 2.25 bits per heavy atom. The van der Waals surface area contributed by atoms with Gasteiger partial charge in [-0.15, -0.1) is 0 Å². The quantitative estimate of drug-likeness (QED) is 0.672. The Balaban J connectivity index is 2.53. The molecule has 112 valence electrons. The first-order valence-electron chi connectivity index (χ1n) is 7.91. The van der Waals surface area contributed by atoms with Gasteiger partial charge >= 0.3 is 0 Å².